The van der Waals surface area contributed by atoms with Crippen LogP contribution in [0.15, 0.2) is 54.9 Å². The first-order valence-corrected chi connectivity index (χ1v) is 13.6. The lowest BCUT2D eigenvalue weighted by Gasteiger charge is -2.10. The van der Waals surface area contributed by atoms with E-state index in [1.165, 1.54) is 37.8 Å². The van der Waals surface area contributed by atoms with Crippen molar-refractivity contribution in [3.8, 4) is 5.75 Å². The Labute approximate surface area is 227 Å². The standard InChI is InChI=1S/C31H32ClF3N2O/c1-2-3-4-5-6-15-38-25-19-36-29(37-20-25)14-9-21-8-13-26-24(16-21)12-11-23(31(26)35)10-7-22-17-27(33)30(32)28(34)18-22/h8,11-13,16-20H,2-7,9-10,14-15H2,1H3. The van der Waals surface area contributed by atoms with E-state index in [4.69, 9.17) is 16.3 Å². The Morgan fingerprint density at radius 1 is 0.763 bits per heavy atom. The monoisotopic (exact) mass is 540 g/mol. The fraction of sp³-hybridized carbons (Fsp3) is 0.355. The van der Waals surface area contributed by atoms with Gasteiger partial charge in [-0.3, -0.25) is 0 Å². The van der Waals surface area contributed by atoms with E-state index in [-0.39, 0.29) is 5.82 Å². The van der Waals surface area contributed by atoms with Crippen LogP contribution >= 0.6 is 11.6 Å². The molecule has 0 aliphatic carbocycles. The maximum atomic E-state index is 15.2. The molecule has 0 atom stereocenters. The molecule has 0 bridgehead atoms. The molecule has 4 rings (SSSR count). The Hall–Kier alpha value is -3.12. The first-order valence-electron chi connectivity index (χ1n) is 13.2. The van der Waals surface area contributed by atoms with Gasteiger partial charge >= 0.3 is 0 Å². The molecule has 1 aromatic heterocycles. The Morgan fingerprint density at radius 3 is 2.21 bits per heavy atom. The summed E-state index contributed by atoms with van der Waals surface area (Å²) in [4.78, 5) is 8.84. The maximum Gasteiger partial charge on any atom is 0.155 e. The van der Waals surface area contributed by atoms with Gasteiger partial charge in [0.25, 0.3) is 0 Å². The van der Waals surface area contributed by atoms with E-state index < -0.39 is 16.7 Å². The molecule has 0 unspecified atom stereocenters. The number of aryl methyl sites for hydroxylation is 4. The molecule has 0 saturated carbocycles. The highest BCUT2D eigenvalue weighted by atomic mass is 35.5. The van der Waals surface area contributed by atoms with Crippen molar-refractivity contribution in [2.45, 2.75) is 64.7 Å². The van der Waals surface area contributed by atoms with Gasteiger partial charge in [-0.05, 0) is 59.9 Å². The van der Waals surface area contributed by atoms with Crippen molar-refractivity contribution >= 4 is 22.4 Å². The van der Waals surface area contributed by atoms with Crippen LogP contribution in [0.5, 0.6) is 5.75 Å². The molecule has 0 aliphatic heterocycles. The number of rotatable bonds is 13. The van der Waals surface area contributed by atoms with Gasteiger partial charge in [0, 0.05) is 11.8 Å². The van der Waals surface area contributed by atoms with E-state index in [0.29, 0.717) is 48.1 Å². The number of unbranched alkanes of at least 4 members (excludes halogenated alkanes) is 4. The lowest BCUT2D eigenvalue weighted by molar-refractivity contribution is 0.302. The van der Waals surface area contributed by atoms with Crippen molar-refractivity contribution in [1.29, 1.82) is 0 Å². The molecule has 1 heterocycles. The highest BCUT2D eigenvalue weighted by molar-refractivity contribution is 6.30. The predicted octanol–water partition coefficient (Wildman–Crippen LogP) is 8.62. The number of hydrogen-bond donors (Lipinski definition) is 0. The van der Waals surface area contributed by atoms with Gasteiger partial charge in [0.15, 0.2) is 5.75 Å². The SMILES string of the molecule is CCCCCCCOc1cnc(CCc2ccc3c(F)c(CCc4cc(F)c(Cl)c(F)c4)ccc3c2)nc1. The maximum absolute atomic E-state index is 15.2. The van der Waals surface area contributed by atoms with Crippen molar-refractivity contribution in [3.63, 3.8) is 0 Å². The number of halogens is 4. The summed E-state index contributed by atoms with van der Waals surface area (Å²) in [5.74, 6) is -0.509. The highest BCUT2D eigenvalue weighted by Crippen LogP contribution is 2.26. The molecule has 3 aromatic carbocycles. The Kier molecular flexibility index (Phi) is 9.99. The van der Waals surface area contributed by atoms with Crippen LogP contribution < -0.4 is 4.74 Å². The van der Waals surface area contributed by atoms with Gasteiger partial charge in [0.2, 0.25) is 0 Å². The summed E-state index contributed by atoms with van der Waals surface area (Å²) < 4.78 is 48.3. The van der Waals surface area contributed by atoms with E-state index in [2.05, 4.69) is 16.9 Å². The highest BCUT2D eigenvalue weighted by Gasteiger charge is 2.12. The second-order valence-corrected chi connectivity index (χ2v) is 9.94. The number of aromatic nitrogens is 2. The topological polar surface area (TPSA) is 35.0 Å². The molecule has 0 aliphatic rings. The summed E-state index contributed by atoms with van der Waals surface area (Å²) in [5.41, 5.74) is 1.99. The molecule has 0 spiro atoms. The van der Waals surface area contributed by atoms with Crippen LogP contribution in [0, 0.1) is 17.5 Å². The average molecular weight is 541 g/mol. The van der Waals surface area contributed by atoms with Gasteiger partial charge in [-0.25, -0.2) is 23.1 Å². The molecule has 0 radical (unpaired) electrons. The zero-order chi connectivity index (χ0) is 26.9. The van der Waals surface area contributed by atoms with Crippen LogP contribution in [0.4, 0.5) is 13.2 Å². The Morgan fingerprint density at radius 2 is 1.47 bits per heavy atom. The normalized spacial score (nSPS) is 11.3. The predicted molar refractivity (Wildman–Crippen MR) is 146 cm³/mol. The molecule has 0 N–H and O–H groups in total. The van der Waals surface area contributed by atoms with Crippen molar-refractivity contribution in [1.82, 2.24) is 9.97 Å². The summed E-state index contributed by atoms with van der Waals surface area (Å²) in [5, 5.41) is 0.797. The van der Waals surface area contributed by atoms with Crippen LogP contribution in [0.3, 0.4) is 0 Å². The van der Waals surface area contributed by atoms with Crippen LogP contribution in [-0.2, 0) is 25.7 Å². The largest absolute Gasteiger partial charge is 0.490 e. The summed E-state index contributed by atoms with van der Waals surface area (Å²) in [6.45, 7) is 2.88. The molecule has 3 nitrogen and oxygen atoms in total. The molecule has 0 saturated heterocycles. The minimum absolute atomic E-state index is 0.300. The van der Waals surface area contributed by atoms with Gasteiger partial charge in [0.1, 0.15) is 28.3 Å². The fourth-order valence-electron chi connectivity index (χ4n) is 4.46. The van der Waals surface area contributed by atoms with Crippen LogP contribution in [-0.4, -0.2) is 16.6 Å². The van der Waals surface area contributed by atoms with Gasteiger partial charge < -0.3 is 4.74 Å². The van der Waals surface area contributed by atoms with Gasteiger partial charge in [0.05, 0.1) is 19.0 Å². The lowest BCUT2D eigenvalue weighted by Crippen LogP contribution is -2.02. The van der Waals surface area contributed by atoms with Crippen LogP contribution in [0.1, 0.15) is 61.5 Å². The summed E-state index contributed by atoms with van der Waals surface area (Å²) in [7, 11) is 0. The third-order valence-corrected chi connectivity index (χ3v) is 7.02. The lowest BCUT2D eigenvalue weighted by atomic mass is 9.98. The molecular formula is C31H32ClF3N2O. The zero-order valence-electron chi connectivity index (χ0n) is 21.6. The molecular weight excluding hydrogens is 509 g/mol. The summed E-state index contributed by atoms with van der Waals surface area (Å²) in [6.07, 6.45) is 11.4. The number of ether oxygens (including phenoxy) is 1. The summed E-state index contributed by atoms with van der Waals surface area (Å²) in [6, 6.07) is 11.7. The second-order valence-electron chi connectivity index (χ2n) is 9.57. The van der Waals surface area contributed by atoms with E-state index >= 15 is 4.39 Å². The Balaban J connectivity index is 1.31. The molecule has 200 valence electrons. The number of benzene rings is 3. The van der Waals surface area contributed by atoms with E-state index in [1.807, 2.05) is 18.2 Å². The minimum Gasteiger partial charge on any atom is -0.490 e. The van der Waals surface area contributed by atoms with Crippen LogP contribution in [0.25, 0.3) is 10.8 Å². The van der Waals surface area contributed by atoms with Crippen molar-refractivity contribution in [2.24, 2.45) is 0 Å². The zero-order valence-corrected chi connectivity index (χ0v) is 22.3. The smallest absolute Gasteiger partial charge is 0.155 e. The van der Waals surface area contributed by atoms with Gasteiger partial charge in [-0.15, -0.1) is 0 Å². The van der Waals surface area contributed by atoms with Crippen molar-refractivity contribution in [3.05, 3.63) is 99.8 Å². The van der Waals surface area contributed by atoms with E-state index in [9.17, 15) is 8.78 Å². The third kappa shape index (κ3) is 7.47. The minimum atomic E-state index is -0.809. The number of nitrogens with zero attached hydrogens (tertiary/aromatic N) is 2. The van der Waals surface area contributed by atoms with Crippen LogP contribution in [0.2, 0.25) is 5.02 Å². The average Bonchev–Trinajstić information content (AvgIpc) is 2.92. The molecule has 7 heteroatoms. The van der Waals surface area contributed by atoms with Crippen molar-refractivity contribution < 1.29 is 17.9 Å². The molecule has 38 heavy (non-hydrogen) atoms. The third-order valence-electron chi connectivity index (χ3n) is 6.66. The molecule has 4 aromatic rings. The first kappa shape index (κ1) is 27.9. The number of hydrogen-bond acceptors (Lipinski definition) is 3. The summed E-state index contributed by atoms with van der Waals surface area (Å²) >= 11 is 5.54. The number of fused-ring (bicyclic) bond motifs is 1. The quantitative estimate of drug-likeness (QED) is 0.126. The second kappa shape index (κ2) is 13.6. The molecule has 0 amide bonds. The van der Waals surface area contributed by atoms with E-state index in [0.717, 1.165) is 29.6 Å². The molecule has 0 fully saturated rings. The van der Waals surface area contributed by atoms with E-state index in [1.54, 1.807) is 24.5 Å². The first-order chi connectivity index (χ1) is 18.4. The van der Waals surface area contributed by atoms with Gasteiger partial charge in [-0.2, -0.15) is 0 Å². The fourth-order valence-corrected chi connectivity index (χ4v) is 4.57. The Bertz CT molecular complexity index is 1340. The van der Waals surface area contributed by atoms with Gasteiger partial charge in [-0.1, -0.05) is 74.5 Å². The van der Waals surface area contributed by atoms with Crippen molar-refractivity contribution in [2.75, 3.05) is 6.61 Å².